The van der Waals surface area contributed by atoms with Gasteiger partial charge in [-0.3, -0.25) is 5.32 Å². The Morgan fingerprint density at radius 1 is 0.946 bits per heavy atom. The van der Waals surface area contributed by atoms with Gasteiger partial charge in [0.2, 0.25) is 5.75 Å². The molecule has 0 unspecified atom stereocenters. The lowest BCUT2D eigenvalue weighted by Crippen LogP contribution is -2.44. The van der Waals surface area contributed by atoms with Gasteiger partial charge in [-0.05, 0) is 72.5 Å². The summed E-state index contributed by atoms with van der Waals surface area (Å²) in [6.07, 6.45) is 6.79. The van der Waals surface area contributed by atoms with E-state index in [1.165, 1.54) is 18.2 Å². The monoisotopic (exact) mass is 762 g/mol. The lowest BCUT2D eigenvalue weighted by molar-refractivity contribution is 0.0793. The molecule has 5 aliphatic rings. The number of ether oxygens (including phenoxy) is 5. The van der Waals surface area contributed by atoms with Crippen molar-refractivity contribution < 1.29 is 44.1 Å². The van der Waals surface area contributed by atoms with E-state index in [2.05, 4.69) is 41.0 Å². The maximum atomic E-state index is 12.4. The molecular formula is C45H50N2O9. The SMILES string of the molecule is CCNCOc1cc(OC)c2c3c1[C@@H](O)Nc1cc4c(c(c1-3)CC2)[C@@H](O)[C@H](c1cc(OC)c(O)c(OC[C@@H](CO)[C@@]23CCC[C@@H]2C=Cc2ccccc23)c1)CO4. The molecule has 4 aromatic rings. The number of phenols is 1. The second-order valence-corrected chi connectivity index (χ2v) is 15.6. The number of methoxy groups -OCH3 is 2. The van der Waals surface area contributed by atoms with Crippen LogP contribution in [0.1, 0.15) is 83.4 Å². The molecule has 0 bridgehead atoms. The van der Waals surface area contributed by atoms with Crippen LogP contribution in [0.25, 0.3) is 17.2 Å². The van der Waals surface area contributed by atoms with Crippen LogP contribution in [0.5, 0.6) is 34.5 Å². The maximum Gasteiger partial charge on any atom is 0.200 e. The number of aromatic hydroxyl groups is 1. The molecule has 2 aliphatic heterocycles. The largest absolute Gasteiger partial charge is 0.502 e. The number of rotatable bonds is 12. The Hall–Kier alpha value is -4.94. The third-order valence-corrected chi connectivity index (χ3v) is 13.0. The number of fused-ring (bicyclic) bond motifs is 5. The number of allylic oxidation sites excluding steroid dienone is 1. The van der Waals surface area contributed by atoms with Crippen molar-refractivity contribution >= 4 is 11.8 Å². The topological polar surface area (TPSA) is 151 Å². The van der Waals surface area contributed by atoms with Crippen LogP contribution in [0.2, 0.25) is 0 Å². The first-order chi connectivity index (χ1) is 27.3. The van der Waals surface area contributed by atoms with Gasteiger partial charge in [-0.2, -0.15) is 0 Å². The van der Waals surface area contributed by atoms with Crippen LogP contribution >= 0.6 is 0 Å². The summed E-state index contributed by atoms with van der Waals surface area (Å²) in [6.45, 7) is 3.27. The minimum Gasteiger partial charge on any atom is -0.502 e. The van der Waals surface area contributed by atoms with Gasteiger partial charge in [-0.15, -0.1) is 0 Å². The maximum absolute atomic E-state index is 12.4. The molecule has 0 saturated heterocycles. The highest BCUT2D eigenvalue weighted by molar-refractivity contribution is 5.93. The summed E-state index contributed by atoms with van der Waals surface area (Å²) in [7, 11) is 3.13. The molecule has 6 atom stereocenters. The van der Waals surface area contributed by atoms with Crippen LogP contribution in [0.15, 0.2) is 54.6 Å². The molecule has 2 heterocycles. The number of hydrogen-bond acceptors (Lipinski definition) is 11. The molecule has 0 aromatic heterocycles. The lowest BCUT2D eigenvalue weighted by Gasteiger charge is -2.44. The molecule has 3 aliphatic carbocycles. The van der Waals surface area contributed by atoms with Crippen LogP contribution in [0.4, 0.5) is 5.69 Å². The Balaban J connectivity index is 1.06. The van der Waals surface area contributed by atoms with Crippen molar-refractivity contribution in [2.75, 3.05) is 52.6 Å². The van der Waals surface area contributed by atoms with Gasteiger partial charge in [-0.25, -0.2) is 0 Å². The van der Waals surface area contributed by atoms with Crippen LogP contribution in [-0.2, 0) is 18.3 Å². The van der Waals surface area contributed by atoms with Gasteiger partial charge in [0, 0.05) is 57.3 Å². The average molecular weight is 763 g/mol. The van der Waals surface area contributed by atoms with Crippen molar-refractivity contribution in [1.82, 2.24) is 5.32 Å². The Morgan fingerprint density at radius 2 is 1.75 bits per heavy atom. The molecule has 0 amide bonds. The highest BCUT2D eigenvalue weighted by Crippen LogP contribution is 2.58. The van der Waals surface area contributed by atoms with Crippen LogP contribution in [0.3, 0.4) is 0 Å². The van der Waals surface area contributed by atoms with Gasteiger partial charge in [0.05, 0.1) is 45.7 Å². The zero-order valence-electron chi connectivity index (χ0n) is 32.1. The zero-order valence-corrected chi connectivity index (χ0v) is 32.1. The third-order valence-electron chi connectivity index (χ3n) is 13.0. The van der Waals surface area contributed by atoms with Crippen LogP contribution in [0, 0.1) is 11.8 Å². The van der Waals surface area contributed by atoms with E-state index < -0.39 is 18.2 Å². The number of aliphatic hydroxyl groups is 3. The highest BCUT2D eigenvalue weighted by atomic mass is 16.5. The summed E-state index contributed by atoms with van der Waals surface area (Å²) in [5.41, 5.74) is 8.55. The number of nitrogens with one attached hydrogen (secondary N) is 2. The van der Waals surface area contributed by atoms with Crippen molar-refractivity contribution in [3.05, 3.63) is 93.6 Å². The van der Waals surface area contributed by atoms with Gasteiger partial charge in [-0.1, -0.05) is 49.8 Å². The Bertz CT molecular complexity index is 2200. The first-order valence-electron chi connectivity index (χ1n) is 19.8. The van der Waals surface area contributed by atoms with Crippen molar-refractivity contribution in [1.29, 1.82) is 0 Å². The quantitative estimate of drug-likeness (QED) is 0.0694. The number of benzene rings is 4. The van der Waals surface area contributed by atoms with E-state index >= 15 is 0 Å². The summed E-state index contributed by atoms with van der Waals surface area (Å²) in [4.78, 5) is 0. The normalized spacial score (nSPS) is 24.1. The lowest BCUT2D eigenvalue weighted by atomic mass is 9.61. The predicted octanol–water partition coefficient (Wildman–Crippen LogP) is 6.50. The minimum absolute atomic E-state index is 0.0683. The van der Waals surface area contributed by atoms with Crippen molar-refractivity contribution in [2.24, 2.45) is 11.8 Å². The van der Waals surface area contributed by atoms with Gasteiger partial charge < -0.3 is 49.4 Å². The molecule has 0 spiro atoms. The molecule has 9 rings (SSSR count). The molecule has 0 radical (unpaired) electrons. The van der Waals surface area contributed by atoms with E-state index in [-0.39, 0.29) is 61.1 Å². The van der Waals surface area contributed by atoms with Crippen molar-refractivity contribution in [3.8, 4) is 45.6 Å². The first kappa shape index (κ1) is 36.7. The molecule has 294 valence electrons. The van der Waals surface area contributed by atoms with Crippen molar-refractivity contribution in [2.45, 2.75) is 62.7 Å². The average Bonchev–Trinajstić information content (AvgIpc) is 3.66. The molecule has 4 aromatic carbocycles. The summed E-state index contributed by atoms with van der Waals surface area (Å²) < 4.78 is 30.6. The van der Waals surface area contributed by atoms with E-state index in [0.717, 1.165) is 53.7 Å². The number of anilines is 1. The van der Waals surface area contributed by atoms with Crippen molar-refractivity contribution in [3.63, 3.8) is 0 Å². The van der Waals surface area contributed by atoms with Gasteiger partial charge in [0.15, 0.2) is 17.7 Å². The number of hydrogen-bond donors (Lipinski definition) is 6. The van der Waals surface area contributed by atoms with E-state index in [0.29, 0.717) is 46.8 Å². The van der Waals surface area contributed by atoms with E-state index in [1.54, 1.807) is 19.2 Å². The fourth-order valence-corrected chi connectivity index (χ4v) is 10.4. The Kier molecular flexibility index (Phi) is 9.52. The van der Waals surface area contributed by atoms with Crippen LogP contribution < -0.4 is 34.3 Å². The summed E-state index contributed by atoms with van der Waals surface area (Å²) >= 11 is 0. The molecule has 1 fully saturated rings. The molecular weight excluding hydrogens is 712 g/mol. The predicted molar refractivity (Wildman–Crippen MR) is 212 cm³/mol. The zero-order chi connectivity index (χ0) is 38.7. The molecule has 1 saturated carbocycles. The fourth-order valence-electron chi connectivity index (χ4n) is 10.4. The second-order valence-electron chi connectivity index (χ2n) is 15.6. The van der Waals surface area contributed by atoms with E-state index in [1.807, 2.05) is 25.1 Å². The summed E-state index contributed by atoms with van der Waals surface area (Å²) in [5, 5.41) is 52.5. The molecule has 6 N–H and O–H groups in total. The molecule has 11 heteroatoms. The van der Waals surface area contributed by atoms with Gasteiger partial charge in [0.25, 0.3) is 0 Å². The highest BCUT2D eigenvalue weighted by Gasteiger charge is 2.51. The number of phenolic OH excluding ortho intramolecular Hbond substituents is 1. The fraction of sp³-hybridized carbons (Fsp3) is 0.422. The van der Waals surface area contributed by atoms with Crippen LogP contribution in [-0.4, -0.2) is 67.7 Å². The standard InChI is InChI=1S/C45H50N2O9/c1-4-46-23-56-35-19-33(52-2)28-13-14-29-38-32(47-44(51)41(35)40(28)38)18-34-39(29)42(49)30(22-55-34)25-16-36(53-3)43(50)37(17-25)54-21-27(20-48)45-15-7-9-26(45)12-11-24-8-5-6-10-31(24)45/h5-6,8,10-12,16-19,26-27,30,42,44,46-51H,4,7,9,13-15,20-23H2,1-3H3/t26-,27-,30+,42+,44-,45-/m1/s1. The Morgan fingerprint density at radius 3 is 2.55 bits per heavy atom. The van der Waals surface area contributed by atoms with E-state index in [9.17, 15) is 20.4 Å². The molecule has 11 nitrogen and oxygen atoms in total. The van der Waals surface area contributed by atoms with Gasteiger partial charge in [0.1, 0.15) is 24.0 Å². The minimum atomic E-state index is -1.03. The Labute approximate surface area is 326 Å². The summed E-state index contributed by atoms with van der Waals surface area (Å²) in [6, 6.07) is 15.6. The van der Waals surface area contributed by atoms with E-state index in [4.69, 9.17) is 23.7 Å². The molecule has 56 heavy (non-hydrogen) atoms. The number of aliphatic hydroxyl groups excluding tert-OH is 3. The summed E-state index contributed by atoms with van der Waals surface area (Å²) in [5.74, 6) is 1.61. The second kappa shape index (κ2) is 14.5. The third kappa shape index (κ3) is 5.62. The smallest absolute Gasteiger partial charge is 0.200 e. The van der Waals surface area contributed by atoms with Gasteiger partial charge >= 0.3 is 0 Å². The first-order valence-corrected chi connectivity index (χ1v) is 19.8.